The molecule has 1 N–H and O–H groups in total. The predicted molar refractivity (Wildman–Crippen MR) is 84.0 cm³/mol. The van der Waals surface area contributed by atoms with Crippen LogP contribution in [0.15, 0.2) is 53.6 Å². The maximum absolute atomic E-state index is 11.9. The Morgan fingerprint density at radius 3 is 2.64 bits per heavy atom. The molecule has 1 amide bonds. The van der Waals surface area contributed by atoms with Gasteiger partial charge in [0.25, 0.3) is 11.6 Å². The third-order valence-electron chi connectivity index (χ3n) is 3.09. The Labute approximate surface area is 127 Å². The van der Waals surface area contributed by atoms with E-state index in [1.807, 2.05) is 24.3 Å². The third-order valence-corrected chi connectivity index (χ3v) is 3.09. The molecule has 0 aliphatic heterocycles. The quantitative estimate of drug-likeness (QED) is 0.523. The summed E-state index contributed by atoms with van der Waals surface area (Å²) in [5, 5.41) is 14.5. The van der Waals surface area contributed by atoms with E-state index in [9.17, 15) is 14.9 Å². The van der Waals surface area contributed by atoms with Gasteiger partial charge < -0.3 is 0 Å². The first-order chi connectivity index (χ1) is 10.6. The second-order valence-electron chi connectivity index (χ2n) is 4.60. The fourth-order valence-electron chi connectivity index (χ4n) is 1.83. The van der Waals surface area contributed by atoms with E-state index in [0.29, 0.717) is 0 Å². The molecule has 2 aromatic carbocycles. The Bertz CT molecular complexity index is 709. The van der Waals surface area contributed by atoms with Gasteiger partial charge in [0.15, 0.2) is 0 Å². The zero-order valence-electron chi connectivity index (χ0n) is 12.0. The molecule has 0 atom stereocenters. The molecule has 22 heavy (non-hydrogen) atoms. The van der Waals surface area contributed by atoms with Crippen LogP contribution in [0.2, 0.25) is 0 Å². The molecular formula is C16H15N3O3. The van der Waals surface area contributed by atoms with Gasteiger partial charge in [0.1, 0.15) is 0 Å². The van der Waals surface area contributed by atoms with E-state index in [4.69, 9.17) is 0 Å². The fourth-order valence-corrected chi connectivity index (χ4v) is 1.83. The summed E-state index contributed by atoms with van der Waals surface area (Å²) >= 11 is 0. The van der Waals surface area contributed by atoms with Crippen molar-refractivity contribution in [2.75, 3.05) is 0 Å². The predicted octanol–water partition coefficient (Wildman–Crippen LogP) is 2.92. The second-order valence-corrected chi connectivity index (χ2v) is 4.60. The Balaban J connectivity index is 2.01. The molecule has 0 fully saturated rings. The molecule has 0 radical (unpaired) electrons. The van der Waals surface area contributed by atoms with Gasteiger partial charge in [-0.2, -0.15) is 5.10 Å². The normalized spacial score (nSPS) is 10.6. The van der Waals surface area contributed by atoms with Crippen molar-refractivity contribution in [3.05, 3.63) is 75.3 Å². The molecular weight excluding hydrogens is 282 g/mol. The highest BCUT2D eigenvalue weighted by atomic mass is 16.6. The topological polar surface area (TPSA) is 84.6 Å². The number of nitrogens with one attached hydrogen (secondary N) is 1. The van der Waals surface area contributed by atoms with Gasteiger partial charge in [0, 0.05) is 17.7 Å². The van der Waals surface area contributed by atoms with Crippen molar-refractivity contribution in [3.63, 3.8) is 0 Å². The standard InChI is InChI=1S/C16H15N3O3/c1-2-12-6-8-13(9-7-12)11-17-18-16(20)14-4-3-5-15(10-14)19(21)22/h3-11H,2H2,1H3,(H,18,20). The van der Waals surface area contributed by atoms with E-state index in [2.05, 4.69) is 17.5 Å². The third kappa shape index (κ3) is 3.99. The number of benzene rings is 2. The first-order valence-corrected chi connectivity index (χ1v) is 6.77. The van der Waals surface area contributed by atoms with Crippen molar-refractivity contribution < 1.29 is 9.72 Å². The number of carbonyl (C=O) groups is 1. The average molecular weight is 297 g/mol. The lowest BCUT2D eigenvalue weighted by atomic mass is 10.1. The smallest absolute Gasteiger partial charge is 0.267 e. The molecule has 6 heteroatoms. The number of hydrogen-bond acceptors (Lipinski definition) is 4. The Morgan fingerprint density at radius 2 is 2.00 bits per heavy atom. The minimum atomic E-state index is -0.546. The molecule has 0 heterocycles. The van der Waals surface area contributed by atoms with Crippen LogP contribution in [0, 0.1) is 10.1 Å². The van der Waals surface area contributed by atoms with E-state index in [1.165, 1.54) is 36.0 Å². The lowest BCUT2D eigenvalue weighted by molar-refractivity contribution is -0.384. The number of non-ortho nitro benzene ring substituents is 1. The largest absolute Gasteiger partial charge is 0.271 e. The molecule has 0 aliphatic rings. The van der Waals surface area contributed by atoms with Crippen LogP contribution in [-0.2, 0) is 6.42 Å². The van der Waals surface area contributed by atoms with Crippen LogP contribution < -0.4 is 5.43 Å². The summed E-state index contributed by atoms with van der Waals surface area (Å²) in [5.74, 6) is -0.495. The van der Waals surface area contributed by atoms with E-state index < -0.39 is 10.8 Å². The van der Waals surface area contributed by atoms with Gasteiger partial charge >= 0.3 is 0 Å². The van der Waals surface area contributed by atoms with Crippen LogP contribution in [0.5, 0.6) is 0 Å². The van der Waals surface area contributed by atoms with Gasteiger partial charge in [-0.25, -0.2) is 5.43 Å². The number of carbonyl (C=O) groups excluding carboxylic acids is 1. The molecule has 0 saturated carbocycles. The summed E-state index contributed by atoms with van der Waals surface area (Å²) < 4.78 is 0. The summed E-state index contributed by atoms with van der Waals surface area (Å²) in [5.41, 5.74) is 4.48. The van der Waals surface area contributed by atoms with Gasteiger partial charge in [-0.05, 0) is 23.6 Å². The highest BCUT2D eigenvalue weighted by molar-refractivity contribution is 5.95. The first kappa shape index (κ1) is 15.4. The highest BCUT2D eigenvalue weighted by Gasteiger charge is 2.10. The summed E-state index contributed by atoms with van der Waals surface area (Å²) in [6.45, 7) is 2.07. The fraction of sp³-hybridized carbons (Fsp3) is 0.125. The number of nitrogens with zero attached hydrogens (tertiary/aromatic N) is 2. The second kappa shape index (κ2) is 7.12. The SMILES string of the molecule is CCc1ccc(C=NNC(=O)c2cccc([N+](=O)[O-])c2)cc1. The Kier molecular flexibility index (Phi) is 4.98. The number of rotatable bonds is 5. The van der Waals surface area contributed by atoms with Crippen LogP contribution >= 0.6 is 0 Å². The maximum Gasteiger partial charge on any atom is 0.271 e. The van der Waals surface area contributed by atoms with E-state index >= 15 is 0 Å². The minimum absolute atomic E-state index is 0.133. The van der Waals surface area contributed by atoms with Gasteiger partial charge in [0.2, 0.25) is 0 Å². The van der Waals surface area contributed by atoms with Crippen molar-refractivity contribution in [3.8, 4) is 0 Å². The van der Waals surface area contributed by atoms with Gasteiger partial charge in [-0.15, -0.1) is 0 Å². The van der Waals surface area contributed by atoms with Crippen molar-refractivity contribution in [2.24, 2.45) is 5.10 Å². The van der Waals surface area contributed by atoms with Crippen molar-refractivity contribution in [2.45, 2.75) is 13.3 Å². The number of hydrazone groups is 1. The maximum atomic E-state index is 11.9. The van der Waals surface area contributed by atoms with Crippen LogP contribution in [-0.4, -0.2) is 17.0 Å². The van der Waals surface area contributed by atoms with Crippen molar-refractivity contribution >= 4 is 17.8 Å². The summed E-state index contributed by atoms with van der Waals surface area (Å²) in [4.78, 5) is 22.0. The summed E-state index contributed by atoms with van der Waals surface area (Å²) in [6, 6.07) is 13.3. The molecule has 0 spiro atoms. The lowest BCUT2D eigenvalue weighted by Gasteiger charge is -2.00. The molecule has 112 valence electrons. The van der Waals surface area contributed by atoms with Gasteiger partial charge in [-0.1, -0.05) is 37.3 Å². The van der Waals surface area contributed by atoms with E-state index in [-0.39, 0.29) is 11.3 Å². The van der Waals surface area contributed by atoms with Crippen LogP contribution in [0.1, 0.15) is 28.4 Å². The molecule has 0 aliphatic carbocycles. The highest BCUT2D eigenvalue weighted by Crippen LogP contribution is 2.12. The van der Waals surface area contributed by atoms with Crippen LogP contribution in [0.3, 0.4) is 0 Å². The van der Waals surface area contributed by atoms with Crippen molar-refractivity contribution in [1.29, 1.82) is 0 Å². The molecule has 0 bridgehead atoms. The number of aryl methyl sites for hydroxylation is 1. The monoisotopic (exact) mass is 297 g/mol. The zero-order valence-corrected chi connectivity index (χ0v) is 12.0. The molecule has 0 unspecified atom stereocenters. The summed E-state index contributed by atoms with van der Waals surface area (Å²) in [7, 11) is 0. The average Bonchev–Trinajstić information content (AvgIpc) is 2.55. The van der Waals surface area contributed by atoms with Crippen LogP contribution in [0.4, 0.5) is 5.69 Å². The first-order valence-electron chi connectivity index (χ1n) is 6.77. The number of amides is 1. The van der Waals surface area contributed by atoms with E-state index in [1.54, 1.807) is 0 Å². The van der Waals surface area contributed by atoms with Crippen molar-refractivity contribution in [1.82, 2.24) is 5.43 Å². The zero-order chi connectivity index (χ0) is 15.9. The Morgan fingerprint density at radius 1 is 1.27 bits per heavy atom. The van der Waals surface area contributed by atoms with E-state index in [0.717, 1.165) is 12.0 Å². The molecule has 2 aromatic rings. The number of hydrogen-bond donors (Lipinski definition) is 1. The molecule has 6 nitrogen and oxygen atoms in total. The Hall–Kier alpha value is -3.02. The molecule has 0 saturated heterocycles. The number of nitro groups is 1. The van der Waals surface area contributed by atoms with Gasteiger partial charge in [0.05, 0.1) is 11.1 Å². The van der Waals surface area contributed by atoms with Crippen LogP contribution in [0.25, 0.3) is 0 Å². The minimum Gasteiger partial charge on any atom is -0.267 e. The molecule has 2 rings (SSSR count). The van der Waals surface area contributed by atoms with Gasteiger partial charge in [-0.3, -0.25) is 14.9 Å². The summed E-state index contributed by atoms with van der Waals surface area (Å²) in [6.07, 6.45) is 2.48. The number of nitro benzene ring substituents is 1. The lowest BCUT2D eigenvalue weighted by Crippen LogP contribution is -2.17. The molecule has 0 aromatic heterocycles.